The number of anilines is 9. The van der Waals surface area contributed by atoms with E-state index in [2.05, 4.69) is 124 Å². The van der Waals surface area contributed by atoms with Crippen LogP contribution in [0, 0.1) is 20.8 Å². The lowest BCUT2D eigenvalue weighted by atomic mass is 10.1. The van der Waals surface area contributed by atoms with Gasteiger partial charge >= 0.3 is 0 Å². The zero-order valence-electron chi connectivity index (χ0n) is 47.8. The first-order chi connectivity index (χ1) is 38.9. The molecule has 416 valence electrons. The molecule has 9 aromatic rings. The van der Waals surface area contributed by atoms with Gasteiger partial charge in [-0.25, -0.2) is 0 Å². The van der Waals surface area contributed by atoms with Gasteiger partial charge < -0.3 is 55.6 Å². The molecule has 6 N–H and O–H groups in total. The molecule has 0 amide bonds. The van der Waals surface area contributed by atoms with Gasteiger partial charge in [-0.2, -0.15) is 0 Å². The van der Waals surface area contributed by atoms with E-state index in [1.807, 2.05) is 179 Å². The van der Waals surface area contributed by atoms with Crippen molar-refractivity contribution >= 4 is 51.2 Å². The first-order valence-electron chi connectivity index (χ1n) is 27.3. The summed E-state index contributed by atoms with van der Waals surface area (Å²) in [6.07, 6.45) is 0. The number of hydrogen-bond donors (Lipinski definition) is 6. The molecule has 0 aliphatic rings. The van der Waals surface area contributed by atoms with E-state index in [1.165, 1.54) is 0 Å². The van der Waals surface area contributed by atoms with Crippen molar-refractivity contribution in [3.8, 4) is 17.2 Å². The van der Waals surface area contributed by atoms with Crippen LogP contribution in [0.15, 0.2) is 224 Å². The SMILES string of the molecule is CCO.CNCCNC.Cc1cc(CN(C)CCN(C)Cc2cc(C)cc(N(c3ccccc3)c3ccccc3)c2O)c(O)c(N(c2ccccc2)c2ccccc2)c1.Cc1ccc(O)c(N(c2ccccc2)c2ccccc2)c1. The molecule has 0 spiro atoms. The molecule has 0 saturated carbocycles. The molecule has 0 aliphatic heterocycles. The Hall–Kier alpha value is -8.42. The van der Waals surface area contributed by atoms with E-state index >= 15 is 0 Å². The Kier molecular flexibility index (Phi) is 24.2. The van der Waals surface area contributed by atoms with E-state index in [1.54, 1.807) is 13.0 Å². The fourth-order valence-electron chi connectivity index (χ4n) is 9.14. The Balaban J connectivity index is 0.000000281. The second-order valence-corrected chi connectivity index (χ2v) is 19.6. The minimum atomic E-state index is 0.250. The van der Waals surface area contributed by atoms with Crippen LogP contribution < -0.4 is 25.3 Å². The second kappa shape index (κ2) is 31.8. The number of hydrogen-bond acceptors (Lipinski definition) is 11. The van der Waals surface area contributed by atoms with Gasteiger partial charge in [0.25, 0.3) is 0 Å². The molecular formula is C69H81N7O4. The largest absolute Gasteiger partial charge is 0.506 e. The van der Waals surface area contributed by atoms with Crippen LogP contribution in [0.25, 0.3) is 0 Å². The first-order valence-corrected chi connectivity index (χ1v) is 27.3. The Morgan fingerprint density at radius 3 is 0.900 bits per heavy atom. The van der Waals surface area contributed by atoms with Gasteiger partial charge in [-0.05, 0) is 170 Å². The van der Waals surface area contributed by atoms with Crippen molar-refractivity contribution in [1.82, 2.24) is 20.4 Å². The molecule has 9 rings (SSSR count). The second-order valence-electron chi connectivity index (χ2n) is 19.6. The van der Waals surface area contributed by atoms with E-state index in [-0.39, 0.29) is 23.9 Å². The molecule has 80 heavy (non-hydrogen) atoms. The van der Waals surface area contributed by atoms with Crippen LogP contribution in [0.1, 0.15) is 34.7 Å². The normalized spacial score (nSPS) is 10.6. The maximum atomic E-state index is 11.7. The third-order valence-corrected chi connectivity index (χ3v) is 12.9. The van der Waals surface area contributed by atoms with E-state index in [9.17, 15) is 15.3 Å². The van der Waals surface area contributed by atoms with E-state index in [0.29, 0.717) is 13.1 Å². The van der Waals surface area contributed by atoms with Crippen molar-refractivity contribution in [2.75, 3.05) is 75.7 Å². The van der Waals surface area contributed by atoms with Crippen LogP contribution >= 0.6 is 0 Å². The number of phenolic OH excluding ortho intramolecular Hbond substituents is 3. The third-order valence-electron chi connectivity index (χ3n) is 12.9. The summed E-state index contributed by atoms with van der Waals surface area (Å²) in [5.41, 5.74) is 13.3. The van der Waals surface area contributed by atoms with Crippen LogP contribution in [0.3, 0.4) is 0 Å². The number of aromatic hydroxyl groups is 3. The highest BCUT2D eigenvalue weighted by molar-refractivity contribution is 5.83. The lowest BCUT2D eigenvalue weighted by molar-refractivity contribution is 0.244. The Bertz CT molecular complexity index is 2920. The predicted molar refractivity (Wildman–Crippen MR) is 336 cm³/mol. The summed E-state index contributed by atoms with van der Waals surface area (Å²) >= 11 is 0. The Labute approximate surface area is 475 Å². The van der Waals surface area contributed by atoms with Gasteiger partial charge in [0.05, 0.1) is 17.1 Å². The maximum absolute atomic E-state index is 11.7. The third kappa shape index (κ3) is 17.5. The summed E-state index contributed by atoms with van der Waals surface area (Å²) in [6.45, 7) is 13.0. The fraction of sp³-hybridized carbons (Fsp3) is 0.217. The van der Waals surface area contributed by atoms with Crippen molar-refractivity contribution < 1.29 is 20.4 Å². The molecule has 11 nitrogen and oxygen atoms in total. The zero-order valence-corrected chi connectivity index (χ0v) is 47.8. The molecule has 0 aromatic heterocycles. The number of benzene rings is 9. The number of aryl methyl sites for hydroxylation is 3. The van der Waals surface area contributed by atoms with Crippen molar-refractivity contribution in [2.24, 2.45) is 0 Å². The number of para-hydroxylation sites is 6. The summed E-state index contributed by atoms with van der Waals surface area (Å²) < 4.78 is 0. The molecule has 0 atom stereocenters. The highest BCUT2D eigenvalue weighted by Gasteiger charge is 2.22. The molecule has 0 bridgehead atoms. The number of likely N-dealkylation sites (N-methyl/N-ethyl adjacent to an activating group) is 4. The number of nitrogens with zero attached hydrogens (tertiary/aromatic N) is 5. The minimum absolute atomic E-state index is 0.250. The van der Waals surface area contributed by atoms with Gasteiger partial charge in [0.2, 0.25) is 0 Å². The van der Waals surface area contributed by atoms with Gasteiger partial charge in [0.15, 0.2) is 0 Å². The molecule has 0 saturated heterocycles. The van der Waals surface area contributed by atoms with Crippen LogP contribution in [0.5, 0.6) is 17.2 Å². The Morgan fingerprint density at radius 2 is 0.625 bits per heavy atom. The number of nitrogens with one attached hydrogen (secondary N) is 2. The van der Waals surface area contributed by atoms with Crippen molar-refractivity contribution in [3.05, 3.63) is 252 Å². The molecular weight excluding hydrogens is 991 g/mol. The highest BCUT2D eigenvalue weighted by atomic mass is 16.3. The quantitative estimate of drug-likeness (QED) is 0.0434. The van der Waals surface area contributed by atoms with Crippen LogP contribution in [0.4, 0.5) is 51.2 Å². The summed E-state index contributed by atoms with van der Waals surface area (Å²) in [5, 5.41) is 47.3. The average Bonchev–Trinajstić information content (AvgIpc) is 3.49. The monoisotopic (exact) mass is 1070 g/mol. The number of aliphatic hydroxyl groups excluding tert-OH is 1. The van der Waals surface area contributed by atoms with Gasteiger partial charge in [-0.15, -0.1) is 0 Å². The highest BCUT2D eigenvalue weighted by Crippen LogP contribution is 2.44. The van der Waals surface area contributed by atoms with Crippen LogP contribution in [-0.2, 0) is 13.1 Å². The van der Waals surface area contributed by atoms with Crippen LogP contribution in [0.2, 0.25) is 0 Å². The molecule has 0 fully saturated rings. The Morgan fingerprint density at radius 1 is 0.362 bits per heavy atom. The topological polar surface area (TPSA) is 121 Å². The molecule has 0 unspecified atom stereocenters. The predicted octanol–water partition coefficient (Wildman–Crippen LogP) is 14.8. The first kappa shape index (κ1) is 60.8. The van der Waals surface area contributed by atoms with E-state index in [0.717, 1.165) is 105 Å². The van der Waals surface area contributed by atoms with Crippen LogP contribution in [-0.4, -0.2) is 91.2 Å². The summed E-state index contributed by atoms with van der Waals surface area (Å²) in [7, 11) is 8.05. The van der Waals surface area contributed by atoms with Crippen molar-refractivity contribution in [3.63, 3.8) is 0 Å². The number of phenols is 3. The molecule has 0 heterocycles. The molecule has 0 aliphatic carbocycles. The lowest BCUT2D eigenvalue weighted by Crippen LogP contribution is -2.30. The summed E-state index contributed by atoms with van der Waals surface area (Å²) in [6, 6.07) is 74.6. The van der Waals surface area contributed by atoms with Crippen molar-refractivity contribution in [2.45, 2.75) is 40.8 Å². The number of rotatable bonds is 19. The average molecular weight is 1070 g/mol. The standard InChI is InChI=1S/C44H46N4O2.C19H17NO.C4H12N2.C2H6O/c1-33-27-35(43(49)41(29-33)47(37-17-9-5-10-18-37)38-19-11-6-12-20-38)31-45(3)25-26-46(4)32-36-28-34(2)30-42(44(36)50)48(39-21-13-7-14-22-39)40-23-15-8-16-24-40;1-15-12-13-19(21)18(14-15)20(16-8-4-2-5-9-16)17-10-6-3-7-11-17;1-5-3-4-6-2;1-2-3/h5-24,27-30,49-50H,25-26,31-32H2,1-4H3;2-14,21H,1H3;5-6H,3-4H2,1-2H3;3H,2H2,1H3. The molecule has 9 aromatic carbocycles. The minimum Gasteiger partial charge on any atom is -0.506 e. The fourth-order valence-corrected chi connectivity index (χ4v) is 9.14. The zero-order chi connectivity index (χ0) is 57.2. The van der Waals surface area contributed by atoms with Gasteiger partial charge in [0.1, 0.15) is 17.2 Å². The van der Waals surface area contributed by atoms with E-state index < -0.39 is 0 Å². The van der Waals surface area contributed by atoms with Crippen molar-refractivity contribution in [1.29, 1.82) is 0 Å². The van der Waals surface area contributed by atoms with Gasteiger partial charge in [-0.3, -0.25) is 0 Å². The lowest BCUT2D eigenvalue weighted by Gasteiger charge is -2.29. The summed E-state index contributed by atoms with van der Waals surface area (Å²) in [5.74, 6) is 0.831. The smallest absolute Gasteiger partial charge is 0.144 e. The van der Waals surface area contributed by atoms with Gasteiger partial charge in [0, 0.05) is 91.1 Å². The molecule has 11 heteroatoms. The summed E-state index contributed by atoms with van der Waals surface area (Å²) in [4.78, 5) is 10.7. The van der Waals surface area contributed by atoms with E-state index in [4.69, 9.17) is 5.11 Å². The maximum Gasteiger partial charge on any atom is 0.144 e. The number of aliphatic hydroxyl groups is 1. The molecule has 0 radical (unpaired) electrons. The van der Waals surface area contributed by atoms with Gasteiger partial charge in [-0.1, -0.05) is 127 Å².